The maximum atomic E-state index is 12.7. The number of fused-ring (bicyclic) bond motifs is 1. The van der Waals surface area contributed by atoms with E-state index in [9.17, 15) is 9.90 Å². The van der Waals surface area contributed by atoms with Gasteiger partial charge in [0, 0.05) is 22.6 Å². The second-order valence-corrected chi connectivity index (χ2v) is 8.17. The summed E-state index contributed by atoms with van der Waals surface area (Å²) in [5.74, 6) is 0.739. The minimum Gasteiger partial charge on any atom is -0.393 e. The standard InChI is InChI=1S/C21H25NO2S/c1-15(23)21(2,12-16-8-4-3-5-9-16)14-22-20(24)18-13-25-19-11-7-6-10-17(18)19/h3-11,15,18,23H,12-14H2,1-2H3,(H,22,24)/t15-,18-,21+/m0/s1. The van der Waals surface area contributed by atoms with Gasteiger partial charge in [0.2, 0.25) is 5.91 Å². The summed E-state index contributed by atoms with van der Waals surface area (Å²) < 4.78 is 0. The van der Waals surface area contributed by atoms with E-state index in [0.717, 1.165) is 17.7 Å². The van der Waals surface area contributed by atoms with E-state index >= 15 is 0 Å². The number of aliphatic hydroxyl groups excluding tert-OH is 1. The van der Waals surface area contributed by atoms with Crippen molar-refractivity contribution in [1.29, 1.82) is 0 Å². The van der Waals surface area contributed by atoms with Crippen molar-refractivity contribution < 1.29 is 9.90 Å². The van der Waals surface area contributed by atoms with Crippen LogP contribution in [0.4, 0.5) is 0 Å². The van der Waals surface area contributed by atoms with Crippen molar-refractivity contribution in [3.8, 4) is 0 Å². The molecule has 4 heteroatoms. The zero-order chi connectivity index (χ0) is 17.9. The first-order valence-corrected chi connectivity index (χ1v) is 9.69. The third kappa shape index (κ3) is 4.07. The van der Waals surface area contributed by atoms with E-state index in [1.165, 1.54) is 10.5 Å². The van der Waals surface area contributed by atoms with Crippen molar-refractivity contribution in [3.05, 3.63) is 65.7 Å². The summed E-state index contributed by atoms with van der Waals surface area (Å²) in [6.07, 6.45) is 0.208. The fourth-order valence-corrected chi connectivity index (χ4v) is 4.44. The number of amides is 1. The van der Waals surface area contributed by atoms with Crippen molar-refractivity contribution in [3.63, 3.8) is 0 Å². The Morgan fingerprint density at radius 2 is 1.92 bits per heavy atom. The highest BCUT2D eigenvalue weighted by Gasteiger charge is 2.34. The lowest BCUT2D eigenvalue weighted by Gasteiger charge is -2.33. The Morgan fingerprint density at radius 1 is 1.24 bits per heavy atom. The first kappa shape index (κ1) is 18.0. The zero-order valence-corrected chi connectivity index (χ0v) is 15.6. The Balaban J connectivity index is 1.67. The fourth-order valence-electron chi connectivity index (χ4n) is 3.21. The van der Waals surface area contributed by atoms with E-state index in [1.54, 1.807) is 18.7 Å². The Kier molecular flexibility index (Phi) is 5.50. The van der Waals surface area contributed by atoms with Gasteiger partial charge in [-0.2, -0.15) is 0 Å². The normalized spacial score (nSPS) is 19.7. The number of carbonyl (C=O) groups excluding carboxylic acids is 1. The third-order valence-electron chi connectivity index (χ3n) is 5.14. The van der Waals surface area contributed by atoms with E-state index in [2.05, 4.69) is 23.5 Å². The molecule has 1 amide bonds. The van der Waals surface area contributed by atoms with Crippen molar-refractivity contribution in [2.75, 3.05) is 12.3 Å². The molecule has 0 bridgehead atoms. The summed E-state index contributed by atoms with van der Waals surface area (Å²) >= 11 is 1.74. The Hall–Kier alpha value is -1.78. The topological polar surface area (TPSA) is 49.3 Å². The summed E-state index contributed by atoms with van der Waals surface area (Å²) in [6, 6.07) is 18.2. The maximum absolute atomic E-state index is 12.7. The van der Waals surface area contributed by atoms with Crippen LogP contribution < -0.4 is 5.32 Å². The molecule has 0 aromatic heterocycles. The molecule has 0 unspecified atom stereocenters. The fraction of sp³-hybridized carbons (Fsp3) is 0.381. The third-order valence-corrected chi connectivity index (χ3v) is 6.33. The van der Waals surface area contributed by atoms with Gasteiger partial charge in [0.25, 0.3) is 0 Å². The smallest absolute Gasteiger partial charge is 0.228 e. The Morgan fingerprint density at radius 3 is 2.64 bits per heavy atom. The van der Waals surface area contributed by atoms with Gasteiger partial charge in [-0.05, 0) is 30.5 Å². The summed E-state index contributed by atoms with van der Waals surface area (Å²) in [5.41, 5.74) is 1.89. The SMILES string of the molecule is C[C@H](O)[C@@](C)(CNC(=O)[C@H]1CSc2ccccc21)Cc1ccccc1. The number of hydrogen-bond donors (Lipinski definition) is 2. The molecule has 0 aliphatic carbocycles. The lowest BCUT2D eigenvalue weighted by Crippen LogP contribution is -2.45. The van der Waals surface area contributed by atoms with E-state index in [-0.39, 0.29) is 11.8 Å². The Labute approximate surface area is 153 Å². The molecule has 25 heavy (non-hydrogen) atoms. The van der Waals surface area contributed by atoms with Crippen molar-refractivity contribution in [2.45, 2.75) is 37.2 Å². The number of thioether (sulfide) groups is 1. The van der Waals surface area contributed by atoms with Crippen LogP contribution in [-0.4, -0.2) is 29.4 Å². The molecule has 0 fully saturated rings. The van der Waals surface area contributed by atoms with Crippen LogP contribution in [0.1, 0.15) is 30.9 Å². The number of hydrogen-bond acceptors (Lipinski definition) is 3. The molecule has 3 rings (SSSR count). The minimum atomic E-state index is -0.516. The average Bonchev–Trinajstić information content (AvgIpc) is 3.04. The number of carbonyl (C=O) groups is 1. The van der Waals surface area contributed by atoms with Crippen molar-refractivity contribution in [1.82, 2.24) is 5.32 Å². The number of rotatable bonds is 6. The minimum absolute atomic E-state index is 0.0531. The molecule has 2 aromatic carbocycles. The second-order valence-electron chi connectivity index (χ2n) is 7.11. The first-order chi connectivity index (χ1) is 12.0. The number of nitrogens with one attached hydrogen (secondary N) is 1. The van der Waals surface area contributed by atoms with Gasteiger partial charge in [0.05, 0.1) is 12.0 Å². The van der Waals surface area contributed by atoms with Gasteiger partial charge in [0.1, 0.15) is 0 Å². The highest BCUT2D eigenvalue weighted by molar-refractivity contribution is 7.99. The zero-order valence-electron chi connectivity index (χ0n) is 14.7. The summed E-state index contributed by atoms with van der Waals surface area (Å²) in [7, 11) is 0. The predicted molar refractivity (Wildman–Crippen MR) is 103 cm³/mol. The van der Waals surface area contributed by atoms with Gasteiger partial charge in [0.15, 0.2) is 0 Å². The van der Waals surface area contributed by atoms with Crippen LogP contribution in [0, 0.1) is 5.41 Å². The van der Waals surface area contributed by atoms with Crippen LogP contribution in [0.2, 0.25) is 0 Å². The molecule has 3 atom stereocenters. The van der Waals surface area contributed by atoms with Gasteiger partial charge in [-0.25, -0.2) is 0 Å². The predicted octanol–water partition coefficient (Wildman–Crippen LogP) is 3.62. The summed E-state index contributed by atoms with van der Waals surface area (Å²) in [5, 5.41) is 13.4. The van der Waals surface area contributed by atoms with Gasteiger partial charge in [-0.15, -0.1) is 11.8 Å². The van der Waals surface area contributed by atoms with E-state index in [0.29, 0.717) is 6.54 Å². The molecular weight excluding hydrogens is 330 g/mol. The molecule has 0 spiro atoms. The molecule has 0 radical (unpaired) electrons. The van der Waals surface area contributed by atoms with Crippen molar-refractivity contribution >= 4 is 17.7 Å². The van der Waals surface area contributed by atoms with Crippen LogP contribution in [-0.2, 0) is 11.2 Å². The van der Waals surface area contributed by atoms with Gasteiger partial charge >= 0.3 is 0 Å². The molecule has 3 nitrogen and oxygen atoms in total. The molecule has 1 aliphatic heterocycles. The maximum Gasteiger partial charge on any atom is 0.228 e. The molecular formula is C21H25NO2S. The van der Waals surface area contributed by atoms with Gasteiger partial charge in [-0.1, -0.05) is 55.5 Å². The lowest BCUT2D eigenvalue weighted by atomic mass is 9.79. The quantitative estimate of drug-likeness (QED) is 0.832. The first-order valence-electron chi connectivity index (χ1n) is 8.71. The molecule has 132 valence electrons. The van der Waals surface area contributed by atoms with Gasteiger partial charge < -0.3 is 10.4 Å². The summed E-state index contributed by atoms with van der Waals surface area (Å²) in [4.78, 5) is 13.9. The molecule has 0 saturated carbocycles. The second kappa shape index (κ2) is 7.63. The lowest BCUT2D eigenvalue weighted by molar-refractivity contribution is -0.122. The van der Waals surface area contributed by atoms with Crippen LogP contribution in [0.3, 0.4) is 0 Å². The monoisotopic (exact) mass is 355 g/mol. The number of aliphatic hydroxyl groups is 1. The van der Waals surface area contributed by atoms with E-state index < -0.39 is 11.5 Å². The molecule has 1 aliphatic rings. The molecule has 2 aromatic rings. The van der Waals surface area contributed by atoms with Gasteiger partial charge in [-0.3, -0.25) is 4.79 Å². The Bertz CT molecular complexity index is 732. The number of benzene rings is 2. The van der Waals surface area contributed by atoms with Crippen LogP contribution in [0.15, 0.2) is 59.5 Å². The van der Waals surface area contributed by atoms with Crippen LogP contribution >= 0.6 is 11.8 Å². The molecule has 1 heterocycles. The van der Waals surface area contributed by atoms with E-state index in [4.69, 9.17) is 0 Å². The molecule has 2 N–H and O–H groups in total. The highest BCUT2D eigenvalue weighted by atomic mass is 32.2. The van der Waals surface area contributed by atoms with Crippen LogP contribution in [0.25, 0.3) is 0 Å². The highest BCUT2D eigenvalue weighted by Crippen LogP contribution is 2.39. The van der Waals surface area contributed by atoms with Crippen molar-refractivity contribution in [2.24, 2.45) is 5.41 Å². The largest absolute Gasteiger partial charge is 0.393 e. The molecule has 0 saturated heterocycles. The average molecular weight is 356 g/mol. The van der Waals surface area contributed by atoms with Crippen LogP contribution in [0.5, 0.6) is 0 Å². The van der Waals surface area contributed by atoms with E-state index in [1.807, 2.05) is 43.3 Å². The summed E-state index contributed by atoms with van der Waals surface area (Å²) in [6.45, 7) is 4.29.